The van der Waals surface area contributed by atoms with Crippen molar-refractivity contribution < 1.29 is 4.79 Å². The van der Waals surface area contributed by atoms with E-state index in [9.17, 15) is 4.79 Å². The van der Waals surface area contributed by atoms with Crippen LogP contribution in [0.25, 0.3) is 0 Å². The van der Waals surface area contributed by atoms with E-state index < -0.39 is 0 Å². The molecule has 0 saturated heterocycles. The number of allylic oxidation sites excluding steroid dienone is 2. The Morgan fingerprint density at radius 3 is 2.80 bits per heavy atom. The molecule has 0 radical (unpaired) electrons. The number of carbonyl (C=O) groups excluding carboxylic acids is 1. The van der Waals surface area contributed by atoms with E-state index in [2.05, 4.69) is 6.08 Å². The van der Waals surface area contributed by atoms with Crippen LogP contribution >= 0.6 is 0 Å². The molecule has 1 heteroatoms. The van der Waals surface area contributed by atoms with Gasteiger partial charge in [-0.25, -0.2) is 0 Å². The van der Waals surface area contributed by atoms with Crippen LogP contribution in [0.3, 0.4) is 0 Å². The van der Waals surface area contributed by atoms with E-state index in [-0.39, 0.29) is 5.78 Å². The predicted molar refractivity (Wildman–Crippen MR) is 41.8 cm³/mol. The van der Waals surface area contributed by atoms with Gasteiger partial charge in [0.15, 0.2) is 5.78 Å². The van der Waals surface area contributed by atoms with Crippen LogP contribution in [-0.2, 0) is 4.79 Å². The van der Waals surface area contributed by atoms with Crippen molar-refractivity contribution in [2.24, 2.45) is 5.92 Å². The van der Waals surface area contributed by atoms with E-state index in [1.165, 1.54) is 12.8 Å². The lowest BCUT2D eigenvalue weighted by Crippen LogP contribution is -1.89. The summed E-state index contributed by atoms with van der Waals surface area (Å²) in [5.41, 5.74) is 0. The van der Waals surface area contributed by atoms with Crippen molar-refractivity contribution in [1.82, 2.24) is 0 Å². The molecule has 0 aromatic heterocycles. The van der Waals surface area contributed by atoms with Crippen LogP contribution < -0.4 is 0 Å². The number of hydrogen-bond donors (Lipinski definition) is 0. The largest absolute Gasteiger partial charge is 0.295 e. The highest BCUT2D eigenvalue weighted by molar-refractivity contribution is 5.89. The van der Waals surface area contributed by atoms with Gasteiger partial charge in [-0.05, 0) is 31.3 Å². The minimum Gasteiger partial charge on any atom is -0.295 e. The summed E-state index contributed by atoms with van der Waals surface area (Å²) in [4.78, 5) is 10.9. The van der Waals surface area contributed by atoms with Crippen molar-refractivity contribution in [3.8, 4) is 0 Å². The average Bonchev–Trinajstić information content (AvgIpc) is 2.67. The topological polar surface area (TPSA) is 17.1 Å². The van der Waals surface area contributed by atoms with Gasteiger partial charge >= 0.3 is 0 Å². The smallest absolute Gasteiger partial charge is 0.155 e. The summed E-state index contributed by atoms with van der Waals surface area (Å²) in [6.07, 6.45) is 8.06. The average molecular weight is 138 g/mol. The van der Waals surface area contributed by atoms with Crippen LogP contribution in [0.1, 0.15) is 32.6 Å². The van der Waals surface area contributed by atoms with Crippen LogP contribution in [0.5, 0.6) is 0 Å². The molecule has 1 saturated carbocycles. The van der Waals surface area contributed by atoms with Gasteiger partial charge in [0.05, 0.1) is 0 Å². The first kappa shape index (κ1) is 7.52. The Morgan fingerprint density at radius 1 is 1.60 bits per heavy atom. The number of rotatable bonds is 4. The van der Waals surface area contributed by atoms with E-state index in [1.807, 2.05) is 6.92 Å². The fourth-order valence-corrected chi connectivity index (χ4v) is 0.862. The molecule has 1 rings (SSSR count). The van der Waals surface area contributed by atoms with E-state index in [0.717, 1.165) is 12.3 Å². The standard InChI is InChI=1S/C9H14O/c1-2-3-9(10)7-6-8-4-5-8/h6-8H,2-5H2,1H3/b7-6+. The van der Waals surface area contributed by atoms with Gasteiger partial charge in [0, 0.05) is 6.42 Å². The van der Waals surface area contributed by atoms with Gasteiger partial charge in [-0.15, -0.1) is 0 Å². The van der Waals surface area contributed by atoms with Gasteiger partial charge in [-0.2, -0.15) is 0 Å². The number of hydrogen-bond acceptors (Lipinski definition) is 1. The summed E-state index contributed by atoms with van der Waals surface area (Å²) in [6, 6.07) is 0. The molecule has 0 unspecified atom stereocenters. The van der Waals surface area contributed by atoms with Crippen molar-refractivity contribution in [2.45, 2.75) is 32.6 Å². The number of ketones is 1. The molecule has 1 aliphatic rings. The Labute approximate surface area is 62.1 Å². The summed E-state index contributed by atoms with van der Waals surface area (Å²) < 4.78 is 0. The zero-order valence-corrected chi connectivity index (χ0v) is 6.47. The third-order valence-corrected chi connectivity index (χ3v) is 1.67. The Morgan fingerprint density at radius 2 is 2.30 bits per heavy atom. The molecule has 0 N–H and O–H groups in total. The third-order valence-electron chi connectivity index (χ3n) is 1.67. The van der Waals surface area contributed by atoms with Crippen molar-refractivity contribution in [1.29, 1.82) is 0 Å². The van der Waals surface area contributed by atoms with Crippen molar-refractivity contribution in [3.63, 3.8) is 0 Å². The van der Waals surface area contributed by atoms with Crippen molar-refractivity contribution in [2.75, 3.05) is 0 Å². The molecule has 0 spiro atoms. The summed E-state index contributed by atoms with van der Waals surface area (Å²) in [5.74, 6) is 1.02. The fraction of sp³-hybridized carbons (Fsp3) is 0.667. The maximum atomic E-state index is 10.9. The van der Waals surface area contributed by atoms with E-state index in [4.69, 9.17) is 0 Å². The maximum Gasteiger partial charge on any atom is 0.155 e. The zero-order valence-electron chi connectivity index (χ0n) is 6.47. The maximum absolute atomic E-state index is 10.9. The molecular weight excluding hydrogens is 124 g/mol. The van der Waals surface area contributed by atoms with Gasteiger partial charge in [0.2, 0.25) is 0 Å². The molecule has 0 aromatic rings. The highest BCUT2D eigenvalue weighted by atomic mass is 16.1. The Kier molecular flexibility index (Phi) is 2.67. The molecule has 1 aliphatic carbocycles. The minimum absolute atomic E-state index is 0.286. The first-order valence-corrected chi connectivity index (χ1v) is 4.04. The van der Waals surface area contributed by atoms with Gasteiger partial charge in [0.25, 0.3) is 0 Å². The normalized spacial score (nSPS) is 18.1. The first-order chi connectivity index (χ1) is 4.83. The summed E-state index contributed by atoms with van der Waals surface area (Å²) in [5, 5.41) is 0. The highest BCUT2D eigenvalue weighted by Crippen LogP contribution is 2.29. The molecule has 0 amide bonds. The van der Waals surface area contributed by atoms with Crippen LogP contribution in [0, 0.1) is 5.92 Å². The zero-order chi connectivity index (χ0) is 7.40. The lowest BCUT2D eigenvalue weighted by Gasteiger charge is -1.86. The van der Waals surface area contributed by atoms with Crippen LogP contribution in [0.2, 0.25) is 0 Å². The van der Waals surface area contributed by atoms with Crippen LogP contribution in [0.4, 0.5) is 0 Å². The molecular formula is C9H14O. The van der Waals surface area contributed by atoms with Gasteiger partial charge in [-0.3, -0.25) is 4.79 Å². The van der Waals surface area contributed by atoms with Gasteiger partial charge in [0.1, 0.15) is 0 Å². The summed E-state index contributed by atoms with van der Waals surface area (Å²) in [6.45, 7) is 2.03. The minimum atomic E-state index is 0.286. The highest BCUT2D eigenvalue weighted by Gasteiger charge is 2.17. The SMILES string of the molecule is CCCC(=O)/C=C/C1CC1. The fourth-order valence-electron chi connectivity index (χ4n) is 0.862. The monoisotopic (exact) mass is 138 g/mol. The first-order valence-electron chi connectivity index (χ1n) is 4.04. The molecule has 0 bridgehead atoms. The third kappa shape index (κ3) is 2.81. The molecule has 0 atom stereocenters. The van der Waals surface area contributed by atoms with E-state index in [0.29, 0.717) is 6.42 Å². The second kappa shape index (κ2) is 3.55. The van der Waals surface area contributed by atoms with Crippen LogP contribution in [-0.4, -0.2) is 5.78 Å². The van der Waals surface area contributed by atoms with Crippen LogP contribution in [0.15, 0.2) is 12.2 Å². The van der Waals surface area contributed by atoms with Crippen molar-refractivity contribution in [3.05, 3.63) is 12.2 Å². The number of carbonyl (C=O) groups is 1. The van der Waals surface area contributed by atoms with E-state index >= 15 is 0 Å². The summed E-state index contributed by atoms with van der Waals surface area (Å²) >= 11 is 0. The molecule has 56 valence electrons. The predicted octanol–water partition coefficient (Wildman–Crippen LogP) is 2.32. The van der Waals surface area contributed by atoms with Crippen molar-refractivity contribution >= 4 is 5.78 Å². The molecule has 0 aliphatic heterocycles. The molecule has 1 nitrogen and oxygen atoms in total. The lowest BCUT2D eigenvalue weighted by molar-refractivity contribution is -0.114. The second-order valence-electron chi connectivity index (χ2n) is 2.91. The quantitative estimate of drug-likeness (QED) is 0.545. The second-order valence-corrected chi connectivity index (χ2v) is 2.91. The molecule has 0 heterocycles. The lowest BCUT2D eigenvalue weighted by atomic mass is 10.2. The molecule has 10 heavy (non-hydrogen) atoms. The van der Waals surface area contributed by atoms with Gasteiger partial charge < -0.3 is 0 Å². The van der Waals surface area contributed by atoms with Gasteiger partial charge in [-0.1, -0.05) is 13.0 Å². The Bertz CT molecular complexity index is 143. The Hall–Kier alpha value is -0.590. The molecule has 0 aromatic carbocycles. The summed E-state index contributed by atoms with van der Waals surface area (Å²) in [7, 11) is 0. The Balaban J connectivity index is 2.15. The van der Waals surface area contributed by atoms with E-state index in [1.54, 1.807) is 6.08 Å². The molecule has 1 fully saturated rings.